The normalized spacial score (nSPS) is 23.4. The zero-order chi connectivity index (χ0) is 18.7. The topological polar surface area (TPSA) is 23.5 Å². The molecule has 3 aromatic rings. The minimum Gasteiger partial charge on any atom is -0.385 e. The van der Waals surface area contributed by atoms with E-state index in [4.69, 9.17) is 0 Å². The SMILES string of the molecule is CC1CN(C(c2ccccc2)c2ccccc2)CC[C@@]1(O)c1ccccc1. The van der Waals surface area contributed by atoms with Gasteiger partial charge in [-0.1, -0.05) is 97.9 Å². The molecule has 1 unspecified atom stereocenters. The van der Waals surface area contributed by atoms with Gasteiger partial charge in [0.25, 0.3) is 0 Å². The van der Waals surface area contributed by atoms with Gasteiger partial charge in [0.05, 0.1) is 11.6 Å². The van der Waals surface area contributed by atoms with Gasteiger partial charge in [-0.3, -0.25) is 4.90 Å². The molecule has 27 heavy (non-hydrogen) atoms. The van der Waals surface area contributed by atoms with Gasteiger partial charge in [-0.05, 0) is 23.1 Å². The van der Waals surface area contributed by atoms with Gasteiger partial charge in [0.2, 0.25) is 0 Å². The molecule has 1 aliphatic rings. The first-order chi connectivity index (χ1) is 13.2. The zero-order valence-electron chi connectivity index (χ0n) is 15.8. The Balaban J connectivity index is 1.64. The number of piperidine rings is 1. The number of nitrogens with zero attached hydrogens (tertiary/aromatic N) is 1. The van der Waals surface area contributed by atoms with E-state index in [1.807, 2.05) is 18.2 Å². The van der Waals surface area contributed by atoms with Crippen LogP contribution in [0.15, 0.2) is 91.0 Å². The fraction of sp³-hybridized carbons (Fsp3) is 0.280. The van der Waals surface area contributed by atoms with Gasteiger partial charge in [-0.25, -0.2) is 0 Å². The quantitative estimate of drug-likeness (QED) is 0.710. The van der Waals surface area contributed by atoms with E-state index in [0.717, 1.165) is 25.1 Å². The third-order valence-corrected chi connectivity index (χ3v) is 5.97. The van der Waals surface area contributed by atoms with Crippen LogP contribution in [0.1, 0.15) is 36.1 Å². The van der Waals surface area contributed by atoms with E-state index in [2.05, 4.69) is 84.6 Å². The molecule has 0 radical (unpaired) electrons. The summed E-state index contributed by atoms with van der Waals surface area (Å²) in [6, 6.07) is 31.8. The van der Waals surface area contributed by atoms with Gasteiger partial charge in [-0.15, -0.1) is 0 Å². The van der Waals surface area contributed by atoms with E-state index in [-0.39, 0.29) is 12.0 Å². The van der Waals surface area contributed by atoms with Crippen molar-refractivity contribution >= 4 is 0 Å². The molecule has 1 N–H and O–H groups in total. The average molecular weight is 357 g/mol. The average Bonchev–Trinajstić information content (AvgIpc) is 2.73. The number of aliphatic hydroxyl groups is 1. The van der Waals surface area contributed by atoms with Crippen molar-refractivity contribution in [2.75, 3.05) is 13.1 Å². The molecule has 138 valence electrons. The molecule has 0 saturated carbocycles. The molecule has 3 aromatic carbocycles. The largest absolute Gasteiger partial charge is 0.385 e. The summed E-state index contributed by atoms with van der Waals surface area (Å²) < 4.78 is 0. The summed E-state index contributed by atoms with van der Waals surface area (Å²) in [5.41, 5.74) is 2.89. The van der Waals surface area contributed by atoms with Crippen molar-refractivity contribution in [3.63, 3.8) is 0 Å². The van der Waals surface area contributed by atoms with Crippen molar-refractivity contribution < 1.29 is 5.11 Å². The fourth-order valence-corrected chi connectivity index (χ4v) is 4.43. The number of rotatable bonds is 4. The van der Waals surface area contributed by atoms with E-state index >= 15 is 0 Å². The molecule has 1 saturated heterocycles. The Morgan fingerprint density at radius 3 is 1.78 bits per heavy atom. The van der Waals surface area contributed by atoms with E-state index in [9.17, 15) is 5.11 Å². The van der Waals surface area contributed by atoms with E-state index in [0.29, 0.717) is 0 Å². The predicted octanol–water partition coefficient (Wildman–Crippen LogP) is 5.01. The lowest BCUT2D eigenvalue weighted by atomic mass is 9.76. The van der Waals surface area contributed by atoms with Crippen molar-refractivity contribution in [3.8, 4) is 0 Å². The Kier molecular flexibility index (Phi) is 5.11. The summed E-state index contributed by atoms with van der Waals surface area (Å²) >= 11 is 0. The zero-order valence-corrected chi connectivity index (χ0v) is 15.8. The monoisotopic (exact) mass is 357 g/mol. The first-order valence-corrected chi connectivity index (χ1v) is 9.80. The lowest BCUT2D eigenvalue weighted by Gasteiger charge is -2.46. The maximum atomic E-state index is 11.4. The van der Waals surface area contributed by atoms with Gasteiger partial charge >= 0.3 is 0 Å². The van der Waals surface area contributed by atoms with Crippen molar-refractivity contribution in [2.24, 2.45) is 5.92 Å². The summed E-state index contributed by atoms with van der Waals surface area (Å²) in [6.07, 6.45) is 0.744. The van der Waals surface area contributed by atoms with Crippen LogP contribution in [0.4, 0.5) is 0 Å². The summed E-state index contributed by atoms with van der Waals surface area (Å²) in [7, 11) is 0. The molecular weight excluding hydrogens is 330 g/mol. The summed E-state index contributed by atoms with van der Waals surface area (Å²) in [6.45, 7) is 3.90. The van der Waals surface area contributed by atoms with Crippen LogP contribution in [0.5, 0.6) is 0 Å². The van der Waals surface area contributed by atoms with E-state index < -0.39 is 5.60 Å². The Bertz CT molecular complexity index is 810. The highest BCUT2D eigenvalue weighted by molar-refractivity contribution is 5.32. The van der Waals surface area contributed by atoms with Crippen LogP contribution in [0, 0.1) is 5.92 Å². The third kappa shape index (κ3) is 3.55. The molecule has 2 atom stereocenters. The summed E-state index contributed by atoms with van der Waals surface area (Å²) in [5.74, 6) is 0.156. The van der Waals surface area contributed by atoms with E-state index in [1.165, 1.54) is 11.1 Å². The number of likely N-dealkylation sites (tertiary alicyclic amines) is 1. The molecule has 2 nitrogen and oxygen atoms in total. The van der Waals surface area contributed by atoms with Crippen LogP contribution in [0.25, 0.3) is 0 Å². The third-order valence-electron chi connectivity index (χ3n) is 5.97. The highest BCUT2D eigenvalue weighted by Crippen LogP contribution is 2.41. The second-order valence-corrected chi connectivity index (χ2v) is 7.66. The smallest absolute Gasteiger partial charge is 0.0946 e. The molecule has 1 fully saturated rings. The molecule has 2 heteroatoms. The Hall–Kier alpha value is -2.42. The highest BCUT2D eigenvalue weighted by Gasteiger charge is 2.42. The molecule has 4 rings (SSSR count). The predicted molar refractivity (Wildman–Crippen MR) is 110 cm³/mol. The van der Waals surface area contributed by atoms with Crippen LogP contribution in [0.3, 0.4) is 0 Å². The summed E-state index contributed by atoms with van der Waals surface area (Å²) in [5, 5.41) is 11.4. The molecule has 0 aliphatic carbocycles. The maximum Gasteiger partial charge on any atom is 0.0946 e. The fourth-order valence-electron chi connectivity index (χ4n) is 4.43. The van der Waals surface area contributed by atoms with Gasteiger partial charge in [-0.2, -0.15) is 0 Å². The van der Waals surface area contributed by atoms with Crippen molar-refractivity contribution in [1.82, 2.24) is 4.90 Å². The molecule has 0 bridgehead atoms. The first-order valence-electron chi connectivity index (χ1n) is 9.80. The van der Waals surface area contributed by atoms with Gasteiger partial charge in [0.15, 0.2) is 0 Å². The minimum atomic E-state index is -0.754. The molecule has 0 amide bonds. The van der Waals surface area contributed by atoms with Crippen molar-refractivity contribution in [2.45, 2.75) is 25.0 Å². The Morgan fingerprint density at radius 2 is 1.30 bits per heavy atom. The van der Waals surface area contributed by atoms with Crippen molar-refractivity contribution in [1.29, 1.82) is 0 Å². The van der Waals surface area contributed by atoms with Crippen LogP contribution in [-0.2, 0) is 5.60 Å². The number of benzene rings is 3. The summed E-state index contributed by atoms with van der Waals surface area (Å²) in [4.78, 5) is 2.52. The van der Waals surface area contributed by atoms with Gasteiger partial charge in [0, 0.05) is 19.0 Å². The highest BCUT2D eigenvalue weighted by atomic mass is 16.3. The lowest BCUT2D eigenvalue weighted by Crippen LogP contribution is -2.50. The van der Waals surface area contributed by atoms with Crippen LogP contribution >= 0.6 is 0 Å². The second-order valence-electron chi connectivity index (χ2n) is 7.66. The number of hydrogen-bond donors (Lipinski definition) is 1. The lowest BCUT2D eigenvalue weighted by molar-refractivity contribution is -0.0770. The minimum absolute atomic E-state index is 0.156. The molecule has 1 aliphatic heterocycles. The van der Waals surface area contributed by atoms with Crippen LogP contribution in [-0.4, -0.2) is 23.1 Å². The first kappa shape index (κ1) is 18.0. The standard InChI is InChI=1S/C25H27NO/c1-20-19-26(18-17-25(20,27)23-15-9-4-10-16-23)24(21-11-5-2-6-12-21)22-13-7-3-8-14-22/h2-16,20,24,27H,17-19H2,1H3/t20?,25-/m0/s1. The molecule has 0 spiro atoms. The van der Waals surface area contributed by atoms with Crippen LogP contribution in [0.2, 0.25) is 0 Å². The Morgan fingerprint density at radius 1 is 0.815 bits per heavy atom. The second kappa shape index (κ2) is 7.67. The van der Waals surface area contributed by atoms with Crippen molar-refractivity contribution in [3.05, 3.63) is 108 Å². The Labute approximate surface area is 162 Å². The number of hydrogen-bond acceptors (Lipinski definition) is 2. The molecular formula is C25H27NO. The van der Waals surface area contributed by atoms with Crippen LogP contribution < -0.4 is 0 Å². The van der Waals surface area contributed by atoms with Gasteiger partial charge in [0.1, 0.15) is 0 Å². The molecule has 0 aromatic heterocycles. The molecule has 1 heterocycles. The van der Waals surface area contributed by atoms with Gasteiger partial charge < -0.3 is 5.11 Å². The maximum absolute atomic E-state index is 11.4. The van der Waals surface area contributed by atoms with E-state index in [1.54, 1.807) is 0 Å².